The third-order valence-electron chi connectivity index (χ3n) is 3.76. The molecular weight excluding hydrogens is 278 g/mol. The Hall–Kier alpha value is -2.63. The average molecular weight is 295 g/mol. The highest BCUT2D eigenvalue weighted by Crippen LogP contribution is 2.31. The van der Waals surface area contributed by atoms with Gasteiger partial charge in [0.1, 0.15) is 23.5 Å². The molecule has 0 unspecified atom stereocenters. The Morgan fingerprint density at radius 2 is 2.00 bits per heavy atom. The van der Waals surface area contributed by atoms with E-state index in [0.29, 0.717) is 0 Å². The molecule has 112 valence electrons. The lowest BCUT2D eigenvalue weighted by atomic mass is 10.1. The van der Waals surface area contributed by atoms with Crippen LogP contribution in [0, 0.1) is 0 Å². The van der Waals surface area contributed by atoms with Gasteiger partial charge in [-0.1, -0.05) is 18.2 Å². The molecule has 0 fully saturated rings. The van der Waals surface area contributed by atoms with Crippen LogP contribution in [0.4, 0.5) is 5.82 Å². The molecule has 0 spiro atoms. The first kappa shape index (κ1) is 13.1. The van der Waals surface area contributed by atoms with Crippen molar-refractivity contribution in [3.63, 3.8) is 0 Å². The molecule has 0 saturated heterocycles. The molecule has 0 N–H and O–H groups in total. The van der Waals surface area contributed by atoms with E-state index in [9.17, 15) is 0 Å². The minimum Gasteiger partial charge on any atom is -0.486 e. The Morgan fingerprint density at radius 1 is 1.14 bits per heavy atom. The highest BCUT2D eigenvalue weighted by Gasteiger charge is 2.29. The van der Waals surface area contributed by atoms with Crippen LogP contribution in [0.25, 0.3) is 5.65 Å². The van der Waals surface area contributed by atoms with E-state index >= 15 is 0 Å². The van der Waals surface area contributed by atoms with Crippen molar-refractivity contribution in [3.8, 4) is 5.75 Å². The van der Waals surface area contributed by atoms with Crippen LogP contribution in [0.3, 0.4) is 0 Å². The minimum absolute atomic E-state index is 0.295. The predicted octanol–water partition coefficient (Wildman–Crippen LogP) is 2.30. The van der Waals surface area contributed by atoms with Gasteiger partial charge in [-0.05, 0) is 32.0 Å². The van der Waals surface area contributed by atoms with Crippen LogP contribution < -0.4 is 9.64 Å². The molecule has 6 nitrogen and oxygen atoms in total. The largest absolute Gasteiger partial charge is 0.486 e. The van der Waals surface area contributed by atoms with Gasteiger partial charge in [0.15, 0.2) is 5.65 Å². The molecule has 1 aliphatic rings. The Bertz CT molecular complexity index is 826. The van der Waals surface area contributed by atoms with E-state index in [1.807, 2.05) is 30.3 Å². The summed E-state index contributed by atoms with van der Waals surface area (Å²) in [6.07, 6.45) is 1.62. The first-order valence-electron chi connectivity index (χ1n) is 7.30. The number of ether oxygens (including phenoxy) is 1. The van der Waals surface area contributed by atoms with Crippen LogP contribution in [0.15, 0.2) is 42.7 Å². The smallest absolute Gasteiger partial charge is 0.177 e. The maximum absolute atomic E-state index is 6.17. The average Bonchev–Trinajstić information content (AvgIpc) is 2.89. The summed E-state index contributed by atoms with van der Waals surface area (Å²) in [5, 5.41) is 12.5. The molecule has 3 heterocycles. The molecule has 6 heteroatoms. The number of para-hydroxylation sites is 1. The van der Waals surface area contributed by atoms with Crippen molar-refractivity contribution in [1.29, 1.82) is 0 Å². The summed E-state index contributed by atoms with van der Waals surface area (Å²) in [7, 11) is 0. The number of fused-ring (bicyclic) bond motifs is 2. The Morgan fingerprint density at radius 3 is 2.91 bits per heavy atom. The minimum atomic E-state index is -0.295. The van der Waals surface area contributed by atoms with Gasteiger partial charge >= 0.3 is 0 Å². The Labute approximate surface area is 128 Å². The molecule has 3 aromatic rings. The van der Waals surface area contributed by atoms with Crippen LogP contribution in [-0.4, -0.2) is 32.0 Å². The van der Waals surface area contributed by atoms with Gasteiger partial charge in [0, 0.05) is 12.1 Å². The summed E-state index contributed by atoms with van der Waals surface area (Å²) in [4.78, 5) is 2.23. The Balaban J connectivity index is 1.77. The van der Waals surface area contributed by atoms with Crippen molar-refractivity contribution < 1.29 is 4.74 Å². The summed E-state index contributed by atoms with van der Waals surface area (Å²) < 4.78 is 7.86. The summed E-state index contributed by atoms with van der Waals surface area (Å²) in [6.45, 7) is 5.71. The second-order valence-corrected chi connectivity index (χ2v) is 6.15. The first-order valence-corrected chi connectivity index (χ1v) is 7.30. The SMILES string of the molecule is CC1(C)CN(c2ccc3nncn3n2)Cc2ccccc2O1. The third kappa shape index (κ3) is 2.26. The van der Waals surface area contributed by atoms with Crippen molar-refractivity contribution in [2.24, 2.45) is 0 Å². The number of benzene rings is 1. The molecule has 0 aliphatic carbocycles. The molecule has 2 aromatic heterocycles. The van der Waals surface area contributed by atoms with Crippen LogP contribution in [0.2, 0.25) is 0 Å². The van der Waals surface area contributed by atoms with Gasteiger partial charge in [-0.3, -0.25) is 0 Å². The molecule has 0 bridgehead atoms. The topological polar surface area (TPSA) is 55.6 Å². The van der Waals surface area contributed by atoms with E-state index < -0.39 is 0 Å². The number of nitrogens with zero attached hydrogens (tertiary/aromatic N) is 5. The summed E-state index contributed by atoms with van der Waals surface area (Å²) in [6, 6.07) is 12.1. The zero-order valence-electron chi connectivity index (χ0n) is 12.6. The fourth-order valence-corrected chi connectivity index (χ4v) is 2.83. The summed E-state index contributed by atoms with van der Waals surface area (Å²) in [5.74, 6) is 1.83. The fourth-order valence-electron chi connectivity index (χ4n) is 2.83. The third-order valence-corrected chi connectivity index (χ3v) is 3.76. The fraction of sp³-hybridized carbons (Fsp3) is 0.312. The molecule has 22 heavy (non-hydrogen) atoms. The van der Waals surface area contributed by atoms with Crippen molar-refractivity contribution >= 4 is 11.5 Å². The molecule has 1 aliphatic heterocycles. The van der Waals surface area contributed by atoms with Crippen LogP contribution in [-0.2, 0) is 6.54 Å². The highest BCUT2D eigenvalue weighted by atomic mass is 16.5. The molecule has 4 rings (SSSR count). The monoisotopic (exact) mass is 295 g/mol. The molecular formula is C16H17N5O. The molecule has 0 saturated carbocycles. The van der Waals surface area contributed by atoms with E-state index in [1.54, 1.807) is 10.8 Å². The lowest BCUT2D eigenvalue weighted by Crippen LogP contribution is -2.41. The summed E-state index contributed by atoms with van der Waals surface area (Å²) >= 11 is 0. The van der Waals surface area contributed by atoms with Gasteiger partial charge in [0.2, 0.25) is 0 Å². The standard InChI is InChI=1S/C16H17N5O/c1-16(2)10-20(9-12-5-3-4-6-13(12)22-16)15-8-7-14-18-17-11-21(14)19-15/h3-8,11H,9-10H2,1-2H3. The first-order chi connectivity index (χ1) is 10.6. The van der Waals surface area contributed by atoms with E-state index in [0.717, 1.165) is 30.3 Å². The normalized spacial score (nSPS) is 16.9. The number of anilines is 1. The zero-order chi connectivity index (χ0) is 15.2. The maximum Gasteiger partial charge on any atom is 0.177 e. The van der Waals surface area contributed by atoms with Crippen molar-refractivity contribution in [2.75, 3.05) is 11.4 Å². The molecule has 0 radical (unpaired) electrons. The number of hydrogen-bond acceptors (Lipinski definition) is 5. The maximum atomic E-state index is 6.17. The van der Waals surface area contributed by atoms with Gasteiger partial charge in [-0.25, -0.2) is 0 Å². The van der Waals surface area contributed by atoms with Gasteiger partial charge in [-0.2, -0.15) is 4.52 Å². The molecule has 0 amide bonds. The van der Waals surface area contributed by atoms with Crippen molar-refractivity contribution in [2.45, 2.75) is 26.0 Å². The van der Waals surface area contributed by atoms with E-state index in [2.05, 4.69) is 40.1 Å². The molecule has 0 atom stereocenters. The predicted molar refractivity (Wildman–Crippen MR) is 83.0 cm³/mol. The van der Waals surface area contributed by atoms with Gasteiger partial charge in [0.25, 0.3) is 0 Å². The van der Waals surface area contributed by atoms with Crippen molar-refractivity contribution in [1.82, 2.24) is 19.8 Å². The van der Waals surface area contributed by atoms with E-state index in [-0.39, 0.29) is 5.60 Å². The van der Waals surface area contributed by atoms with Crippen LogP contribution in [0.5, 0.6) is 5.75 Å². The lowest BCUT2D eigenvalue weighted by molar-refractivity contribution is 0.121. The second-order valence-electron chi connectivity index (χ2n) is 6.15. The van der Waals surface area contributed by atoms with Gasteiger partial charge in [0.05, 0.1) is 6.54 Å². The number of rotatable bonds is 1. The quantitative estimate of drug-likeness (QED) is 0.689. The number of aromatic nitrogens is 4. The summed E-state index contributed by atoms with van der Waals surface area (Å²) in [5.41, 5.74) is 1.62. The highest BCUT2D eigenvalue weighted by molar-refractivity contribution is 5.48. The van der Waals surface area contributed by atoms with Crippen LogP contribution >= 0.6 is 0 Å². The van der Waals surface area contributed by atoms with Gasteiger partial charge in [-0.15, -0.1) is 15.3 Å². The molecule has 1 aromatic carbocycles. The second kappa shape index (κ2) is 4.69. The van der Waals surface area contributed by atoms with Crippen LogP contribution in [0.1, 0.15) is 19.4 Å². The number of hydrogen-bond donors (Lipinski definition) is 0. The van der Waals surface area contributed by atoms with E-state index in [1.165, 1.54) is 5.56 Å². The Kier molecular flexibility index (Phi) is 2.79. The van der Waals surface area contributed by atoms with Gasteiger partial charge < -0.3 is 9.64 Å². The van der Waals surface area contributed by atoms with Crippen molar-refractivity contribution in [3.05, 3.63) is 48.3 Å². The zero-order valence-corrected chi connectivity index (χ0v) is 12.6. The van der Waals surface area contributed by atoms with E-state index in [4.69, 9.17) is 4.74 Å². The lowest BCUT2D eigenvalue weighted by Gasteiger charge is -2.30.